The van der Waals surface area contributed by atoms with E-state index in [1.54, 1.807) is 4.90 Å². The lowest BCUT2D eigenvalue weighted by Crippen LogP contribution is -2.41. The van der Waals surface area contributed by atoms with Gasteiger partial charge in [-0.2, -0.15) is 0 Å². The highest BCUT2D eigenvalue weighted by atomic mass is 19.1. The first-order valence-corrected chi connectivity index (χ1v) is 8.43. The number of para-hydroxylation sites is 1. The molecular weight excluding hydrogens is 340 g/mol. The third-order valence-corrected chi connectivity index (χ3v) is 4.65. The van der Waals surface area contributed by atoms with Crippen LogP contribution in [0.4, 0.5) is 19.3 Å². The molecular formula is C18H17F2N5O. The number of urea groups is 1. The lowest BCUT2D eigenvalue weighted by molar-refractivity contribution is 0.181. The van der Waals surface area contributed by atoms with Gasteiger partial charge in [0.2, 0.25) is 0 Å². The Bertz CT molecular complexity index is 950. The molecule has 0 saturated carbocycles. The van der Waals surface area contributed by atoms with E-state index >= 15 is 0 Å². The van der Waals surface area contributed by atoms with Crippen LogP contribution in [0.25, 0.3) is 11.0 Å². The number of benzene rings is 2. The number of hydrogen-bond acceptors (Lipinski definition) is 3. The smallest absolute Gasteiger partial charge is 0.321 e. The fraction of sp³-hybridized carbons (Fsp3) is 0.278. The zero-order chi connectivity index (χ0) is 18.1. The van der Waals surface area contributed by atoms with Gasteiger partial charge in [-0.05, 0) is 37.1 Å². The van der Waals surface area contributed by atoms with Crippen LogP contribution in [0.2, 0.25) is 0 Å². The number of aromatic nitrogens is 3. The number of halogens is 2. The molecule has 1 fully saturated rings. The Morgan fingerprint density at radius 1 is 1.12 bits per heavy atom. The molecule has 0 radical (unpaired) electrons. The molecule has 0 atom stereocenters. The van der Waals surface area contributed by atoms with E-state index in [9.17, 15) is 13.6 Å². The molecule has 3 aromatic rings. The van der Waals surface area contributed by atoms with E-state index < -0.39 is 17.7 Å². The van der Waals surface area contributed by atoms with Crippen LogP contribution in [0.15, 0.2) is 42.5 Å². The van der Waals surface area contributed by atoms with Crippen molar-refractivity contribution in [2.24, 2.45) is 0 Å². The summed E-state index contributed by atoms with van der Waals surface area (Å²) < 4.78 is 28.5. The average molecular weight is 357 g/mol. The maximum absolute atomic E-state index is 13.7. The van der Waals surface area contributed by atoms with Gasteiger partial charge in [0.25, 0.3) is 0 Å². The Kier molecular flexibility index (Phi) is 4.24. The number of rotatable bonds is 2. The Morgan fingerprint density at radius 3 is 2.65 bits per heavy atom. The molecule has 0 unspecified atom stereocenters. The first-order chi connectivity index (χ1) is 12.6. The van der Waals surface area contributed by atoms with E-state index in [1.807, 2.05) is 28.9 Å². The molecule has 6 nitrogen and oxygen atoms in total. The van der Waals surface area contributed by atoms with Gasteiger partial charge in [-0.3, -0.25) is 0 Å². The number of nitrogens with zero attached hydrogens (tertiary/aromatic N) is 4. The average Bonchev–Trinajstić information content (AvgIpc) is 3.08. The Balaban J connectivity index is 1.41. The summed E-state index contributed by atoms with van der Waals surface area (Å²) in [5.74, 6) is -1.47. The van der Waals surface area contributed by atoms with Gasteiger partial charge in [-0.1, -0.05) is 17.3 Å². The standard InChI is InChI=1S/C18H17F2N5O/c19-12-5-6-15(14(20)11-12)21-18(26)24-9-7-13(8-10-24)25-17-4-2-1-3-16(17)22-23-25/h1-6,11,13H,7-10H2,(H,21,26). The van der Waals surface area contributed by atoms with Crippen LogP contribution in [0, 0.1) is 11.6 Å². The number of nitrogens with one attached hydrogen (secondary N) is 1. The Hall–Kier alpha value is -3.03. The molecule has 8 heteroatoms. The summed E-state index contributed by atoms with van der Waals surface area (Å²) in [7, 11) is 0. The van der Waals surface area contributed by atoms with Crippen molar-refractivity contribution in [3.63, 3.8) is 0 Å². The molecule has 0 aliphatic carbocycles. The third kappa shape index (κ3) is 3.10. The van der Waals surface area contributed by atoms with Crippen LogP contribution in [0.1, 0.15) is 18.9 Å². The number of anilines is 1. The second-order valence-electron chi connectivity index (χ2n) is 6.30. The molecule has 1 saturated heterocycles. The van der Waals surface area contributed by atoms with E-state index in [0.717, 1.165) is 36.0 Å². The van der Waals surface area contributed by atoms with E-state index in [0.29, 0.717) is 13.1 Å². The maximum Gasteiger partial charge on any atom is 0.321 e. The highest BCUT2D eigenvalue weighted by Crippen LogP contribution is 2.26. The normalized spacial score (nSPS) is 15.4. The number of carbonyl (C=O) groups is 1. The van der Waals surface area contributed by atoms with E-state index in [4.69, 9.17) is 0 Å². The monoisotopic (exact) mass is 357 g/mol. The van der Waals surface area contributed by atoms with Crippen molar-refractivity contribution in [3.05, 3.63) is 54.1 Å². The highest BCUT2D eigenvalue weighted by Gasteiger charge is 2.26. The van der Waals surface area contributed by atoms with Crippen molar-refractivity contribution in [2.75, 3.05) is 18.4 Å². The summed E-state index contributed by atoms with van der Waals surface area (Å²) >= 11 is 0. The number of carbonyl (C=O) groups excluding carboxylic acids is 1. The van der Waals surface area contributed by atoms with Crippen LogP contribution in [0.3, 0.4) is 0 Å². The molecule has 1 aliphatic rings. The molecule has 26 heavy (non-hydrogen) atoms. The van der Waals surface area contributed by atoms with Crippen molar-refractivity contribution in [2.45, 2.75) is 18.9 Å². The number of amides is 2. The minimum absolute atomic E-state index is 0.0270. The van der Waals surface area contributed by atoms with Crippen LogP contribution in [-0.2, 0) is 0 Å². The molecule has 1 aliphatic heterocycles. The number of piperidine rings is 1. The summed E-state index contributed by atoms with van der Waals surface area (Å²) in [6.07, 6.45) is 1.46. The molecule has 0 spiro atoms. The van der Waals surface area contributed by atoms with Crippen LogP contribution < -0.4 is 5.32 Å². The van der Waals surface area contributed by atoms with Gasteiger partial charge < -0.3 is 10.2 Å². The van der Waals surface area contributed by atoms with Gasteiger partial charge in [0.15, 0.2) is 0 Å². The molecule has 0 bridgehead atoms. The molecule has 2 amide bonds. The molecule has 2 aromatic carbocycles. The predicted molar refractivity (Wildman–Crippen MR) is 92.7 cm³/mol. The van der Waals surface area contributed by atoms with Crippen molar-refractivity contribution in [3.8, 4) is 0 Å². The van der Waals surface area contributed by atoms with Crippen LogP contribution in [-0.4, -0.2) is 39.0 Å². The second kappa shape index (κ2) is 6.70. The predicted octanol–water partition coefficient (Wildman–Crippen LogP) is 3.58. The van der Waals surface area contributed by atoms with Gasteiger partial charge in [-0.15, -0.1) is 5.10 Å². The van der Waals surface area contributed by atoms with Crippen molar-refractivity contribution in [1.29, 1.82) is 0 Å². The van der Waals surface area contributed by atoms with Gasteiger partial charge in [-0.25, -0.2) is 18.3 Å². The topological polar surface area (TPSA) is 63.1 Å². The number of fused-ring (bicyclic) bond motifs is 1. The van der Waals surface area contributed by atoms with Crippen molar-refractivity contribution < 1.29 is 13.6 Å². The van der Waals surface area contributed by atoms with Crippen molar-refractivity contribution >= 4 is 22.8 Å². The largest absolute Gasteiger partial charge is 0.324 e. The minimum atomic E-state index is -0.790. The molecule has 1 aromatic heterocycles. The molecule has 2 heterocycles. The van der Waals surface area contributed by atoms with E-state index in [1.165, 1.54) is 6.07 Å². The molecule has 4 rings (SSSR count). The minimum Gasteiger partial charge on any atom is -0.324 e. The van der Waals surface area contributed by atoms with E-state index in [2.05, 4.69) is 15.6 Å². The summed E-state index contributed by atoms with van der Waals surface area (Å²) in [6, 6.07) is 10.6. The fourth-order valence-electron chi connectivity index (χ4n) is 3.26. The zero-order valence-electron chi connectivity index (χ0n) is 13.9. The number of hydrogen-bond donors (Lipinski definition) is 1. The van der Waals surface area contributed by atoms with Gasteiger partial charge in [0.05, 0.1) is 17.2 Å². The molecule has 1 N–H and O–H groups in total. The van der Waals surface area contributed by atoms with Gasteiger partial charge >= 0.3 is 6.03 Å². The highest BCUT2D eigenvalue weighted by molar-refractivity contribution is 5.89. The van der Waals surface area contributed by atoms with Crippen molar-refractivity contribution in [1.82, 2.24) is 19.9 Å². The summed E-state index contributed by atoms with van der Waals surface area (Å²) in [5.41, 5.74) is 1.80. The Labute approximate surface area is 148 Å². The SMILES string of the molecule is O=C(Nc1ccc(F)cc1F)N1CCC(n2nnc3ccccc32)CC1. The Morgan fingerprint density at radius 2 is 1.88 bits per heavy atom. The first kappa shape index (κ1) is 16.4. The zero-order valence-corrected chi connectivity index (χ0v) is 13.9. The van der Waals surface area contributed by atoms with Gasteiger partial charge in [0.1, 0.15) is 17.2 Å². The summed E-state index contributed by atoms with van der Waals surface area (Å²) in [5, 5.41) is 10.9. The first-order valence-electron chi connectivity index (χ1n) is 8.43. The lowest BCUT2D eigenvalue weighted by atomic mass is 10.1. The van der Waals surface area contributed by atoms with Gasteiger partial charge in [0, 0.05) is 19.2 Å². The summed E-state index contributed by atoms with van der Waals surface area (Å²) in [6.45, 7) is 1.04. The quantitative estimate of drug-likeness (QED) is 0.762. The van der Waals surface area contributed by atoms with E-state index in [-0.39, 0.29) is 11.7 Å². The van der Waals surface area contributed by atoms with Crippen LogP contribution >= 0.6 is 0 Å². The maximum atomic E-state index is 13.7. The second-order valence-corrected chi connectivity index (χ2v) is 6.30. The summed E-state index contributed by atoms with van der Waals surface area (Å²) in [4.78, 5) is 14.0. The fourth-order valence-corrected chi connectivity index (χ4v) is 3.26. The van der Waals surface area contributed by atoms with Crippen LogP contribution in [0.5, 0.6) is 0 Å². The molecule has 134 valence electrons. The number of likely N-dealkylation sites (tertiary alicyclic amines) is 1. The third-order valence-electron chi connectivity index (χ3n) is 4.65. The lowest BCUT2D eigenvalue weighted by Gasteiger charge is -2.32.